The van der Waals surface area contributed by atoms with Gasteiger partial charge in [0.2, 0.25) is 0 Å². The second-order valence-corrected chi connectivity index (χ2v) is 7.28. The van der Waals surface area contributed by atoms with Crippen molar-refractivity contribution in [2.45, 2.75) is 33.5 Å². The summed E-state index contributed by atoms with van der Waals surface area (Å²) in [6, 6.07) is 18.4. The number of benzene rings is 2. The Labute approximate surface area is 207 Å². The molecular weight excluding hydrogens is 513 g/mol. The Kier molecular flexibility index (Phi) is 10.3. The highest BCUT2D eigenvalue weighted by Crippen LogP contribution is 2.18. The molecule has 3 rings (SSSR count). The first-order valence-corrected chi connectivity index (χ1v) is 10.4. The number of halogens is 1. The SMILES string of the molecule is C=CCOc1ccccc1CNC(=NC)NCc1c(C)nn(Cc2ccccc2)c1C.I. The topological polar surface area (TPSA) is 63.5 Å². The molecule has 0 saturated carbocycles. The number of aromatic nitrogens is 2. The number of guanidine groups is 1. The van der Waals surface area contributed by atoms with Gasteiger partial charge in [-0.05, 0) is 25.5 Å². The molecule has 0 saturated heterocycles. The Bertz CT molecular complexity index is 1030. The zero-order valence-electron chi connectivity index (χ0n) is 19.0. The van der Waals surface area contributed by atoms with Crippen molar-refractivity contribution >= 4 is 29.9 Å². The molecule has 0 radical (unpaired) electrons. The number of para-hydroxylation sites is 1. The standard InChI is InChI=1S/C25H31N5O.HI/c1-5-15-31-24-14-10-9-13-22(24)16-27-25(26-4)28-17-23-19(2)29-30(20(23)3)18-21-11-7-6-8-12-21;/h5-14H,1,15-18H2,2-4H3,(H2,26,27,28);1H. The average Bonchev–Trinajstić information content (AvgIpc) is 3.06. The fraction of sp³-hybridized carbons (Fsp3) is 0.280. The molecular formula is C25H32IN5O. The smallest absolute Gasteiger partial charge is 0.191 e. The zero-order valence-corrected chi connectivity index (χ0v) is 21.3. The van der Waals surface area contributed by atoms with Crippen LogP contribution < -0.4 is 15.4 Å². The summed E-state index contributed by atoms with van der Waals surface area (Å²) in [7, 11) is 1.77. The molecule has 170 valence electrons. The molecule has 0 fully saturated rings. The third-order valence-corrected chi connectivity index (χ3v) is 5.14. The van der Waals surface area contributed by atoms with Crippen LogP contribution in [0.5, 0.6) is 5.75 Å². The molecule has 3 aromatic rings. The summed E-state index contributed by atoms with van der Waals surface area (Å²) in [5.41, 5.74) is 5.68. The lowest BCUT2D eigenvalue weighted by molar-refractivity contribution is 0.358. The second kappa shape index (κ2) is 12.9. The molecule has 0 aliphatic carbocycles. The van der Waals surface area contributed by atoms with Gasteiger partial charge in [0, 0.05) is 37.0 Å². The predicted molar refractivity (Wildman–Crippen MR) is 142 cm³/mol. The van der Waals surface area contributed by atoms with E-state index in [-0.39, 0.29) is 24.0 Å². The van der Waals surface area contributed by atoms with Gasteiger partial charge in [-0.1, -0.05) is 61.2 Å². The molecule has 2 N–H and O–H groups in total. The molecule has 0 bridgehead atoms. The molecule has 0 spiro atoms. The van der Waals surface area contributed by atoms with Crippen LogP contribution in [-0.4, -0.2) is 29.4 Å². The van der Waals surface area contributed by atoms with Gasteiger partial charge in [0.05, 0.1) is 12.2 Å². The maximum atomic E-state index is 5.74. The van der Waals surface area contributed by atoms with Crippen LogP contribution in [0.25, 0.3) is 0 Å². The average molecular weight is 545 g/mol. The highest BCUT2D eigenvalue weighted by atomic mass is 127. The molecule has 1 aromatic heterocycles. The lowest BCUT2D eigenvalue weighted by atomic mass is 10.2. The zero-order chi connectivity index (χ0) is 22.1. The maximum absolute atomic E-state index is 5.74. The Balaban J connectivity index is 0.00000363. The fourth-order valence-electron chi connectivity index (χ4n) is 3.41. The number of hydrogen-bond donors (Lipinski definition) is 2. The van der Waals surface area contributed by atoms with E-state index in [1.807, 2.05) is 30.3 Å². The maximum Gasteiger partial charge on any atom is 0.191 e. The Morgan fingerprint density at radius 2 is 1.75 bits per heavy atom. The monoisotopic (exact) mass is 545 g/mol. The van der Waals surface area contributed by atoms with Gasteiger partial charge in [-0.15, -0.1) is 24.0 Å². The van der Waals surface area contributed by atoms with Gasteiger partial charge >= 0.3 is 0 Å². The van der Waals surface area contributed by atoms with Crippen LogP contribution in [0.3, 0.4) is 0 Å². The lowest BCUT2D eigenvalue weighted by Gasteiger charge is -2.14. The number of rotatable bonds is 9. The highest BCUT2D eigenvalue weighted by molar-refractivity contribution is 14.0. The summed E-state index contributed by atoms with van der Waals surface area (Å²) in [6.45, 7) is 10.4. The van der Waals surface area contributed by atoms with Crippen molar-refractivity contribution in [3.8, 4) is 5.75 Å². The molecule has 6 nitrogen and oxygen atoms in total. The van der Waals surface area contributed by atoms with Gasteiger partial charge in [0.1, 0.15) is 12.4 Å². The highest BCUT2D eigenvalue weighted by Gasteiger charge is 2.12. The number of aryl methyl sites for hydroxylation is 1. The number of aliphatic imine (C=N–C) groups is 1. The van der Waals surface area contributed by atoms with E-state index in [1.165, 1.54) is 11.1 Å². The van der Waals surface area contributed by atoms with Gasteiger partial charge in [-0.2, -0.15) is 5.10 Å². The van der Waals surface area contributed by atoms with Crippen LogP contribution in [0.15, 0.2) is 72.2 Å². The molecule has 0 amide bonds. The van der Waals surface area contributed by atoms with Crippen molar-refractivity contribution in [3.05, 3.63) is 95.3 Å². The molecule has 32 heavy (non-hydrogen) atoms. The van der Waals surface area contributed by atoms with E-state index in [9.17, 15) is 0 Å². The van der Waals surface area contributed by atoms with Gasteiger partial charge in [-0.3, -0.25) is 9.67 Å². The van der Waals surface area contributed by atoms with Crippen molar-refractivity contribution in [2.24, 2.45) is 4.99 Å². The quantitative estimate of drug-likeness (QED) is 0.179. The first-order valence-electron chi connectivity index (χ1n) is 10.4. The third-order valence-electron chi connectivity index (χ3n) is 5.14. The Hall–Kier alpha value is -2.81. The van der Waals surface area contributed by atoms with Gasteiger partial charge in [-0.25, -0.2) is 0 Å². The lowest BCUT2D eigenvalue weighted by Crippen LogP contribution is -2.36. The van der Waals surface area contributed by atoms with E-state index in [2.05, 4.69) is 65.0 Å². The summed E-state index contributed by atoms with van der Waals surface area (Å²) in [5.74, 6) is 1.58. The van der Waals surface area contributed by atoms with E-state index < -0.39 is 0 Å². The van der Waals surface area contributed by atoms with Crippen molar-refractivity contribution in [1.29, 1.82) is 0 Å². The molecule has 0 aliphatic heterocycles. The third kappa shape index (κ3) is 6.85. The first-order chi connectivity index (χ1) is 15.1. The largest absolute Gasteiger partial charge is 0.489 e. The van der Waals surface area contributed by atoms with Crippen LogP contribution in [-0.2, 0) is 19.6 Å². The minimum atomic E-state index is 0. The summed E-state index contributed by atoms with van der Waals surface area (Å²) in [6.07, 6.45) is 1.74. The molecule has 1 heterocycles. The Morgan fingerprint density at radius 3 is 2.47 bits per heavy atom. The number of nitrogens with zero attached hydrogens (tertiary/aromatic N) is 3. The predicted octanol–water partition coefficient (Wildman–Crippen LogP) is 4.60. The van der Waals surface area contributed by atoms with Crippen molar-refractivity contribution < 1.29 is 4.74 Å². The minimum Gasteiger partial charge on any atom is -0.489 e. The minimum absolute atomic E-state index is 0. The second-order valence-electron chi connectivity index (χ2n) is 7.28. The number of hydrogen-bond acceptors (Lipinski definition) is 3. The molecule has 0 atom stereocenters. The van der Waals surface area contributed by atoms with Crippen LogP contribution in [0.2, 0.25) is 0 Å². The summed E-state index contributed by atoms with van der Waals surface area (Å²) < 4.78 is 7.80. The van der Waals surface area contributed by atoms with Crippen LogP contribution in [0, 0.1) is 13.8 Å². The van der Waals surface area contributed by atoms with E-state index in [0.29, 0.717) is 19.7 Å². The van der Waals surface area contributed by atoms with Crippen molar-refractivity contribution in [3.63, 3.8) is 0 Å². The normalized spacial score (nSPS) is 10.9. The van der Waals surface area contributed by atoms with E-state index >= 15 is 0 Å². The van der Waals surface area contributed by atoms with Crippen molar-refractivity contribution in [1.82, 2.24) is 20.4 Å². The fourth-order valence-corrected chi connectivity index (χ4v) is 3.41. The summed E-state index contributed by atoms with van der Waals surface area (Å²) >= 11 is 0. The van der Waals surface area contributed by atoms with Crippen LogP contribution in [0.4, 0.5) is 0 Å². The van der Waals surface area contributed by atoms with E-state index in [4.69, 9.17) is 9.84 Å². The molecule has 0 aliphatic rings. The van der Waals surface area contributed by atoms with E-state index in [1.54, 1.807) is 13.1 Å². The van der Waals surface area contributed by atoms with Gasteiger partial charge in [0.15, 0.2) is 5.96 Å². The number of nitrogens with one attached hydrogen (secondary N) is 2. The molecule has 0 unspecified atom stereocenters. The van der Waals surface area contributed by atoms with Crippen molar-refractivity contribution in [2.75, 3.05) is 13.7 Å². The number of ether oxygens (including phenoxy) is 1. The van der Waals surface area contributed by atoms with Gasteiger partial charge < -0.3 is 15.4 Å². The molecule has 2 aromatic carbocycles. The van der Waals surface area contributed by atoms with Crippen LogP contribution in [0.1, 0.15) is 28.1 Å². The van der Waals surface area contributed by atoms with E-state index in [0.717, 1.165) is 35.2 Å². The molecule has 7 heteroatoms. The van der Waals surface area contributed by atoms with Gasteiger partial charge in [0.25, 0.3) is 0 Å². The summed E-state index contributed by atoms with van der Waals surface area (Å²) in [4.78, 5) is 4.35. The van der Waals surface area contributed by atoms with Crippen LogP contribution >= 0.6 is 24.0 Å². The summed E-state index contributed by atoms with van der Waals surface area (Å²) in [5, 5.41) is 11.5. The first kappa shape index (κ1) is 25.5. The Morgan fingerprint density at radius 1 is 1.06 bits per heavy atom.